The molecule has 0 fully saturated rings. The summed E-state index contributed by atoms with van der Waals surface area (Å²) in [6, 6.07) is 17.8. The zero-order chi connectivity index (χ0) is 16.6. The van der Waals surface area contributed by atoms with E-state index in [1.807, 2.05) is 78.9 Å². The fourth-order valence-electron chi connectivity index (χ4n) is 3.33. The number of fused-ring (bicyclic) bond motifs is 2. The highest BCUT2D eigenvalue weighted by Gasteiger charge is 2.46. The first-order chi connectivity index (χ1) is 12.4. The van der Waals surface area contributed by atoms with Crippen molar-refractivity contribution in [2.75, 3.05) is 0 Å². The van der Waals surface area contributed by atoms with E-state index in [2.05, 4.69) is 6.08 Å². The predicted octanol–water partition coefficient (Wildman–Crippen LogP) is 3.97. The Labute approximate surface area is 155 Å². The Morgan fingerprint density at radius 3 is 2.19 bits per heavy atom. The van der Waals surface area contributed by atoms with Crippen molar-refractivity contribution in [3.8, 4) is 11.5 Å². The molecule has 1 atom stereocenters. The SMILES string of the molecule is C1=CC=C2C(B3Oc4ccccc4O3)=C(c3ccccc3)OC2C=C1.[B]. The molecule has 2 aromatic rings. The summed E-state index contributed by atoms with van der Waals surface area (Å²) in [5.41, 5.74) is 3.04. The van der Waals surface area contributed by atoms with E-state index in [1.54, 1.807) is 0 Å². The summed E-state index contributed by atoms with van der Waals surface area (Å²) in [7, 11) is -0.510. The van der Waals surface area contributed by atoms with Crippen molar-refractivity contribution in [1.29, 1.82) is 0 Å². The zero-order valence-electron chi connectivity index (χ0n) is 14.0. The highest BCUT2D eigenvalue weighted by molar-refractivity contribution is 6.59. The molecule has 3 nitrogen and oxygen atoms in total. The molecule has 0 aromatic heterocycles. The van der Waals surface area contributed by atoms with Gasteiger partial charge in [-0.2, -0.15) is 0 Å². The Bertz CT molecular complexity index is 920. The minimum absolute atomic E-state index is 0. The number of allylic oxidation sites excluding steroid dienone is 4. The topological polar surface area (TPSA) is 27.7 Å². The van der Waals surface area contributed by atoms with Crippen LogP contribution in [0, 0.1) is 0 Å². The fraction of sp³-hybridized carbons (Fsp3) is 0.0476. The molecule has 2 heterocycles. The summed E-state index contributed by atoms with van der Waals surface area (Å²) in [5.74, 6) is 2.34. The minimum atomic E-state index is -0.510. The molecule has 123 valence electrons. The molecule has 1 aliphatic carbocycles. The van der Waals surface area contributed by atoms with Gasteiger partial charge in [-0.3, -0.25) is 0 Å². The number of hydrogen-bond acceptors (Lipinski definition) is 3. The normalized spacial score (nSPS) is 19.5. The second-order valence-electron chi connectivity index (χ2n) is 6.05. The van der Waals surface area contributed by atoms with Gasteiger partial charge in [0.2, 0.25) is 0 Å². The Kier molecular flexibility index (Phi) is 4.21. The average molecular weight is 337 g/mol. The molecule has 3 aliphatic rings. The summed E-state index contributed by atoms with van der Waals surface area (Å²) in [6.45, 7) is 0. The van der Waals surface area contributed by atoms with Gasteiger partial charge in [0.05, 0.1) is 5.47 Å². The molecule has 2 aromatic carbocycles. The van der Waals surface area contributed by atoms with E-state index in [-0.39, 0.29) is 14.5 Å². The molecule has 0 N–H and O–H groups in total. The van der Waals surface area contributed by atoms with Gasteiger partial charge in [-0.1, -0.05) is 66.8 Å². The van der Waals surface area contributed by atoms with E-state index in [9.17, 15) is 0 Å². The maximum Gasteiger partial charge on any atom is 0.637 e. The van der Waals surface area contributed by atoms with E-state index in [0.717, 1.165) is 33.9 Å². The van der Waals surface area contributed by atoms with Crippen LogP contribution in [-0.4, -0.2) is 21.6 Å². The van der Waals surface area contributed by atoms with Crippen LogP contribution in [0.4, 0.5) is 0 Å². The monoisotopic (exact) mass is 337 g/mol. The van der Waals surface area contributed by atoms with Gasteiger partial charge < -0.3 is 14.0 Å². The fourth-order valence-corrected chi connectivity index (χ4v) is 3.33. The maximum atomic E-state index is 6.28. The van der Waals surface area contributed by atoms with Crippen molar-refractivity contribution < 1.29 is 14.0 Å². The molecule has 2 aliphatic heterocycles. The molecule has 0 saturated carbocycles. The molecule has 5 rings (SSSR count). The summed E-state index contributed by atoms with van der Waals surface area (Å²) >= 11 is 0. The lowest BCUT2D eigenvalue weighted by atomic mass is 9.72. The van der Waals surface area contributed by atoms with E-state index >= 15 is 0 Å². The van der Waals surface area contributed by atoms with Crippen LogP contribution >= 0.6 is 0 Å². The third kappa shape index (κ3) is 2.66. The van der Waals surface area contributed by atoms with Crippen molar-refractivity contribution in [2.24, 2.45) is 0 Å². The van der Waals surface area contributed by atoms with Crippen molar-refractivity contribution in [3.05, 3.63) is 102 Å². The van der Waals surface area contributed by atoms with Crippen molar-refractivity contribution in [2.45, 2.75) is 6.10 Å². The molecule has 26 heavy (non-hydrogen) atoms. The molecule has 3 radical (unpaired) electrons. The van der Waals surface area contributed by atoms with Crippen LogP contribution in [0.15, 0.2) is 96.0 Å². The van der Waals surface area contributed by atoms with E-state index in [1.165, 1.54) is 0 Å². The van der Waals surface area contributed by atoms with Gasteiger partial charge in [-0.15, -0.1) is 0 Å². The molecule has 1 unspecified atom stereocenters. The quantitative estimate of drug-likeness (QED) is 0.777. The Morgan fingerprint density at radius 1 is 0.769 bits per heavy atom. The third-order valence-electron chi connectivity index (χ3n) is 4.48. The summed E-state index contributed by atoms with van der Waals surface area (Å²) in [5, 5.41) is 0. The van der Waals surface area contributed by atoms with Gasteiger partial charge in [0.1, 0.15) is 23.4 Å². The average Bonchev–Trinajstić information content (AvgIpc) is 3.16. The van der Waals surface area contributed by atoms with E-state index < -0.39 is 7.12 Å². The molecule has 0 bridgehead atoms. The maximum absolute atomic E-state index is 6.28. The van der Waals surface area contributed by atoms with Crippen molar-refractivity contribution >= 4 is 21.3 Å². The second kappa shape index (κ2) is 6.68. The number of rotatable bonds is 2. The molecule has 0 amide bonds. The highest BCUT2D eigenvalue weighted by Crippen LogP contribution is 2.43. The van der Waals surface area contributed by atoms with Crippen LogP contribution in [-0.2, 0) is 4.74 Å². The lowest BCUT2D eigenvalue weighted by Crippen LogP contribution is -2.29. The Balaban J connectivity index is 0.00000168. The molecule has 5 heteroatoms. The molecule has 0 saturated heterocycles. The van der Waals surface area contributed by atoms with E-state index in [0.29, 0.717) is 0 Å². The van der Waals surface area contributed by atoms with Crippen LogP contribution in [0.1, 0.15) is 5.56 Å². The predicted molar refractivity (Wildman–Crippen MR) is 104 cm³/mol. The van der Waals surface area contributed by atoms with Crippen LogP contribution < -0.4 is 9.31 Å². The first kappa shape index (κ1) is 16.4. The number of para-hydroxylation sites is 2. The first-order valence-corrected chi connectivity index (χ1v) is 8.34. The third-order valence-corrected chi connectivity index (χ3v) is 4.48. The lowest BCUT2D eigenvalue weighted by molar-refractivity contribution is 0.264. The summed E-state index contributed by atoms with van der Waals surface area (Å²) < 4.78 is 18.4. The van der Waals surface area contributed by atoms with Gasteiger partial charge in [-0.05, 0) is 18.2 Å². The summed E-state index contributed by atoms with van der Waals surface area (Å²) in [4.78, 5) is 0. The zero-order valence-corrected chi connectivity index (χ0v) is 14.0. The molecular weight excluding hydrogens is 322 g/mol. The van der Waals surface area contributed by atoms with Gasteiger partial charge in [0, 0.05) is 19.5 Å². The standard InChI is InChI=1S/C21H15BO3.B/c1-3-9-15(10-4-1)21-20(16-11-5-2-6-12-17(16)23-21)22-24-18-13-7-8-14-19(18)25-22;/h1-14,17H;. The second-order valence-corrected chi connectivity index (χ2v) is 6.05. The first-order valence-electron chi connectivity index (χ1n) is 8.34. The Morgan fingerprint density at radius 2 is 1.46 bits per heavy atom. The van der Waals surface area contributed by atoms with Crippen LogP contribution in [0.5, 0.6) is 11.5 Å². The van der Waals surface area contributed by atoms with Crippen molar-refractivity contribution in [1.82, 2.24) is 0 Å². The van der Waals surface area contributed by atoms with Crippen LogP contribution in [0.25, 0.3) is 5.76 Å². The largest absolute Gasteiger partial charge is 0.637 e. The molecule has 0 spiro atoms. The van der Waals surface area contributed by atoms with Crippen LogP contribution in [0.3, 0.4) is 0 Å². The van der Waals surface area contributed by atoms with Crippen LogP contribution in [0.2, 0.25) is 0 Å². The number of ether oxygens (including phenoxy) is 1. The van der Waals surface area contributed by atoms with E-state index in [4.69, 9.17) is 14.0 Å². The highest BCUT2D eigenvalue weighted by atomic mass is 16.6. The minimum Gasteiger partial charge on any atom is -0.519 e. The smallest absolute Gasteiger partial charge is 0.519 e. The van der Waals surface area contributed by atoms with Gasteiger partial charge in [0.15, 0.2) is 0 Å². The number of benzene rings is 2. The number of hydrogen-bond donors (Lipinski definition) is 0. The van der Waals surface area contributed by atoms with Crippen molar-refractivity contribution in [3.63, 3.8) is 0 Å². The summed E-state index contributed by atoms with van der Waals surface area (Å²) in [6.07, 6.45) is 10.0. The van der Waals surface area contributed by atoms with Gasteiger partial charge >= 0.3 is 7.12 Å². The van der Waals surface area contributed by atoms with Gasteiger partial charge in [0.25, 0.3) is 0 Å². The lowest BCUT2D eigenvalue weighted by Gasteiger charge is -2.09. The molecular formula is C21H15B2O3. The van der Waals surface area contributed by atoms with Gasteiger partial charge in [-0.25, -0.2) is 0 Å². The Hall–Kier alpha value is -3.07.